The fourth-order valence-electron chi connectivity index (χ4n) is 0.963. The minimum Gasteiger partial charge on any atom is -0.278 e. The molecule has 0 spiro atoms. The summed E-state index contributed by atoms with van der Waals surface area (Å²) in [6.45, 7) is 0. The summed E-state index contributed by atoms with van der Waals surface area (Å²) in [6.07, 6.45) is 0.151. The van der Waals surface area contributed by atoms with E-state index in [4.69, 9.17) is 0 Å². The predicted molar refractivity (Wildman–Crippen MR) is 43.4 cm³/mol. The zero-order valence-corrected chi connectivity index (χ0v) is 7.74. The summed E-state index contributed by atoms with van der Waals surface area (Å²) in [7, 11) is 0. The minimum atomic E-state index is -2.63. The van der Waals surface area contributed by atoms with Crippen molar-refractivity contribution >= 4 is 21.6 Å². The molecular formula is C6H3BrF2N4. The van der Waals surface area contributed by atoms with Gasteiger partial charge < -0.3 is 0 Å². The first kappa shape index (κ1) is 8.49. The molecule has 0 bridgehead atoms. The molecule has 0 radical (unpaired) electrons. The quantitative estimate of drug-likeness (QED) is 0.774. The van der Waals surface area contributed by atoms with E-state index in [9.17, 15) is 8.78 Å². The van der Waals surface area contributed by atoms with Crippen molar-refractivity contribution in [1.29, 1.82) is 0 Å². The van der Waals surface area contributed by atoms with Gasteiger partial charge in [0.1, 0.15) is 0 Å². The molecule has 0 amide bonds. The van der Waals surface area contributed by atoms with E-state index in [-0.39, 0.29) is 11.5 Å². The van der Waals surface area contributed by atoms with Crippen LogP contribution in [0.15, 0.2) is 17.0 Å². The first-order valence-corrected chi connectivity index (χ1v) is 4.12. The molecule has 2 aromatic heterocycles. The molecule has 0 saturated heterocycles. The normalized spacial score (nSPS) is 11.4. The van der Waals surface area contributed by atoms with E-state index in [2.05, 4.69) is 31.1 Å². The van der Waals surface area contributed by atoms with Crippen molar-refractivity contribution < 1.29 is 8.78 Å². The SMILES string of the molecule is FC(F)c1nnc2c(Br)nccn12. The number of hydrogen-bond donors (Lipinski definition) is 0. The maximum absolute atomic E-state index is 12.3. The summed E-state index contributed by atoms with van der Waals surface area (Å²) in [5.41, 5.74) is 0.290. The van der Waals surface area contributed by atoms with Crippen molar-refractivity contribution in [2.45, 2.75) is 6.43 Å². The standard InChI is InChI=1S/C6H3BrF2N4/c7-3-5-11-12-6(4(8)9)13(5)2-1-10-3/h1-2,4H. The minimum absolute atomic E-state index is 0.290. The van der Waals surface area contributed by atoms with E-state index < -0.39 is 6.43 Å². The highest BCUT2D eigenvalue weighted by Crippen LogP contribution is 2.19. The van der Waals surface area contributed by atoms with E-state index in [1.807, 2.05) is 0 Å². The fourth-order valence-corrected chi connectivity index (χ4v) is 1.35. The highest BCUT2D eigenvalue weighted by molar-refractivity contribution is 9.10. The number of alkyl halides is 2. The highest BCUT2D eigenvalue weighted by atomic mass is 79.9. The van der Waals surface area contributed by atoms with Gasteiger partial charge in [-0.15, -0.1) is 10.2 Å². The van der Waals surface area contributed by atoms with E-state index in [1.54, 1.807) is 0 Å². The summed E-state index contributed by atoms with van der Waals surface area (Å²) in [5.74, 6) is -0.377. The smallest absolute Gasteiger partial charge is 0.278 e. The highest BCUT2D eigenvalue weighted by Gasteiger charge is 2.16. The third kappa shape index (κ3) is 1.28. The van der Waals surface area contributed by atoms with Crippen LogP contribution in [0.2, 0.25) is 0 Å². The summed E-state index contributed by atoms with van der Waals surface area (Å²) < 4.78 is 26.2. The number of nitrogens with zero attached hydrogens (tertiary/aromatic N) is 4. The zero-order valence-electron chi connectivity index (χ0n) is 6.15. The average Bonchev–Trinajstić information content (AvgIpc) is 2.48. The largest absolute Gasteiger partial charge is 0.297 e. The molecular weight excluding hydrogens is 246 g/mol. The van der Waals surface area contributed by atoms with Crippen LogP contribution in [0.4, 0.5) is 8.78 Å². The van der Waals surface area contributed by atoms with E-state index in [1.165, 1.54) is 16.8 Å². The molecule has 2 heterocycles. The van der Waals surface area contributed by atoms with Crippen molar-refractivity contribution in [3.8, 4) is 0 Å². The Balaban J connectivity index is 2.75. The van der Waals surface area contributed by atoms with Crippen LogP contribution < -0.4 is 0 Å². The second-order valence-electron chi connectivity index (χ2n) is 2.27. The molecule has 0 N–H and O–H groups in total. The van der Waals surface area contributed by atoms with Gasteiger partial charge in [-0.25, -0.2) is 13.8 Å². The topological polar surface area (TPSA) is 43.1 Å². The van der Waals surface area contributed by atoms with E-state index in [0.717, 1.165) is 0 Å². The van der Waals surface area contributed by atoms with Gasteiger partial charge in [0.25, 0.3) is 6.43 Å². The molecule has 68 valence electrons. The van der Waals surface area contributed by atoms with Crippen LogP contribution in [0.5, 0.6) is 0 Å². The Morgan fingerprint density at radius 3 is 2.85 bits per heavy atom. The van der Waals surface area contributed by atoms with Crippen molar-refractivity contribution in [1.82, 2.24) is 19.6 Å². The van der Waals surface area contributed by atoms with Crippen LogP contribution in [-0.4, -0.2) is 19.6 Å². The Kier molecular flexibility index (Phi) is 1.95. The lowest BCUT2D eigenvalue weighted by Crippen LogP contribution is -1.95. The molecule has 7 heteroatoms. The first-order valence-electron chi connectivity index (χ1n) is 3.33. The second kappa shape index (κ2) is 2.99. The van der Waals surface area contributed by atoms with Gasteiger partial charge >= 0.3 is 0 Å². The van der Waals surface area contributed by atoms with E-state index >= 15 is 0 Å². The number of fused-ring (bicyclic) bond motifs is 1. The Morgan fingerprint density at radius 1 is 1.38 bits per heavy atom. The summed E-state index contributed by atoms with van der Waals surface area (Å²) in [4.78, 5) is 3.83. The Labute approximate surface area is 79.7 Å². The van der Waals surface area contributed by atoms with Gasteiger partial charge in [0.2, 0.25) is 5.82 Å². The third-order valence-electron chi connectivity index (χ3n) is 1.51. The molecule has 0 aliphatic carbocycles. The van der Waals surface area contributed by atoms with Gasteiger partial charge in [-0.1, -0.05) is 0 Å². The number of halogens is 3. The zero-order chi connectivity index (χ0) is 9.42. The van der Waals surface area contributed by atoms with Crippen molar-refractivity contribution in [2.75, 3.05) is 0 Å². The average molecular weight is 249 g/mol. The summed E-state index contributed by atoms with van der Waals surface area (Å²) in [5, 5.41) is 6.91. The molecule has 2 aromatic rings. The molecule has 0 saturated carbocycles. The van der Waals surface area contributed by atoms with Crippen LogP contribution in [0, 0.1) is 0 Å². The summed E-state index contributed by atoms with van der Waals surface area (Å²) >= 11 is 3.08. The van der Waals surface area contributed by atoms with Gasteiger partial charge in [0.05, 0.1) is 0 Å². The van der Waals surface area contributed by atoms with E-state index in [0.29, 0.717) is 4.60 Å². The second-order valence-corrected chi connectivity index (χ2v) is 3.02. The van der Waals surface area contributed by atoms with Gasteiger partial charge in [-0.2, -0.15) is 0 Å². The first-order chi connectivity index (χ1) is 6.20. The molecule has 0 aromatic carbocycles. The van der Waals surface area contributed by atoms with Crippen LogP contribution in [0.3, 0.4) is 0 Å². The van der Waals surface area contributed by atoms with Crippen molar-refractivity contribution in [3.63, 3.8) is 0 Å². The lowest BCUT2D eigenvalue weighted by atomic mass is 10.6. The third-order valence-corrected chi connectivity index (χ3v) is 2.06. The molecule has 0 aliphatic heterocycles. The van der Waals surface area contributed by atoms with Crippen LogP contribution in [0.1, 0.15) is 12.2 Å². The molecule has 0 fully saturated rings. The molecule has 4 nitrogen and oxygen atoms in total. The van der Waals surface area contributed by atoms with Gasteiger partial charge in [-0.3, -0.25) is 4.40 Å². The van der Waals surface area contributed by atoms with Gasteiger partial charge in [-0.05, 0) is 15.9 Å². The van der Waals surface area contributed by atoms with Gasteiger partial charge in [0, 0.05) is 12.4 Å². The van der Waals surface area contributed by atoms with Crippen molar-refractivity contribution in [3.05, 3.63) is 22.8 Å². The summed E-state index contributed by atoms with van der Waals surface area (Å²) in [6, 6.07) is 0. The maximum atomic E-state index is 12.3. The number of rotatable bonds is 1. The fraction of sp³-hybridized carbons (Fsp3) is 0.167. The van der Waals surface area contributed by atoms with Crippen LogP contribution in [0.25, 0.3) is 5.65 Å². The maximum Gasteiger partial charge on any atom is 0.297 e. The predicted octanol–water partition coefficient (Wildman–Crippen LogP) is 1.82. The molecule has 0 unspecified atom stereocenters. The molecule has 0 aliphatic rings. The number of aromatic nitrogens is 4. The van der Waals surface area contributed by atoms with Crippen LogP contribution >= 0.6 is 15.9 Å². The lowest BCUT2D eigenvalue weighted by Gasteiger charge is -1.96. The van der Waals surface area contributed by atoms with Crippen molar-refractivity contribution in [2.24, 2.45) is 0 Å². The lowest BCUT2D eigenvalue weighted by molar-refractivity contribution is 0.139. The molecule has 0 atom stereocenters. The molecule has 2 rings (SSSR count). The Bertz CT molecular complexity index is 441. The Morgan fingerprint density at radius 2 is 2.15 bits per heavy atom. The molecule has 13 heavy (non-hydrogen) atoms. The van der Waals surface area contributed by atoms with Gasteiger partial charge in [0.15, 0.2) is 10.3 Å². The Hall–Kier alpha value is -1.11. The van der Waals surface area contributed by atoms with Crippen LogP contribution in [-0.2, 0) is 0 Å². The monoisotopic (exact) mass is 248 g/mol. The number of hydrogen-bond acceptors (Lipinski definition) is 3.